The molecule has 0 aromatic heterocycles. The van der Waals surface area contributed by atoms with Gasteiger partial charge in [-0.25, -0.2) is 8.42 Å². The highest BCUT2D eigenvalue weighted by Crippen LogP contribution is 2.26. The molecule has 0 fully saturated rings. The highest BCUT2D eigenvalue weighted by atomic mass is 35.5. The van der Waals surface area contributed by atoms with Gasteiger partial charge in [-0.2, -0.15) is 0 Å². The van der Waals surface area contributed by atoms with Crippen LogP contribution in [0.2, 0.25) is 0 Å². The number of sulfonamides is 1. The first-order chi connectivity index (χ1) is 13.1. The Balaban J connectivity index is 0.00000420. The van der Waals surface area contributed by atoms with Gasteiger partial charge in [0, 0.05) is 13.6 Å². The van der Waals surface area contributed by atoms with Gasteiger partial charge in [-0.15, -0.1) is 32.2 Å². The Morgan fingerprint density at radius 1 is 1.10 bits per heavy atom. The van der Waals surface area contributed by atoms with E-state index in [2.05, 4.69) is 16.6 Å². The van der Waals surface area contributed by atoms with Crippen molar-refractivity contribution in [3.8, 4) is 5.75 Å². The quantitative estimate of drug-likeness (QED) is 0.460. The first kappa shape index (κ1) is 24.8. The summed E-state index contributed by atoms with van der Waals surface area (Å²) >= 11 is 0. The van der Waals surface area contributed by atoms with Crippen molar-refractivity contribution >= 4 is 28.1 Å². The summed E-state index contributed by atoms with van der Waals surface area (Å²) in [7, 11) is -2.53. The summed E-state index contributed by atoms with van der Waals surface area (Å²) in [6, 6.07) is 11.1. The molecule has 0 radical (unpaired) electrons. The SMILES string of the molecule is C=CCNCCc1ccc(N(C)S(=O)(=O)c2ccc(OC(F)(F)F)cc2)cc1.Cl. The molecule has 0 saturated carbocycles. The van der Waals surface area contributed by atoms with Gasteiger partial charge in [0.2, 0.25) is 0 Å². The molecule has 2 rings (SSSR count). The lowest BCUT2D eigenvalue weighted by atomic mass is 10.1. The molecule has 2 aromatic rings. The highest BCUT2D eigenvalue weighted by molar-refractivity contribution is 7.92. The number of benzene rings is 2. The van der Waals surface area contributed by atoms with Crippen LogP contribution in [-0.2, 0) is 16.4 Å². The average molecular weight is 451 g/mol. The molecule has 0 heterocycles. The molecule has 0 atom stereocenters. The van der Waals surface area contributed by atoms with Gasteiger partial charge in [0.25, 0.3) is 10.0 Å². The molecular formula is C19H22ClF3N2O3S. The lowest BCUT2D eigenvalue weighted by Crippen LogP contribution is -2.26. The van der Waals surface area contributed by atoms with Gasteiger partial charge in [0.05, 0.1) is 10.6 Å². The second-order valence-electron chi connectivity index (χ2n) is 5.90. The van der Waals surface area contributed by atoms with Crippen LogP contribution in [0.15, 0.2) is 66.1 Å². The maximum absolute atomic E-state index is 12.7. The molecule has 0 aliphatic carbocycles. The minimum atomic E-state index is -4.83. The average Bonchev–Trinajstić information content (AvgIpc) is 2.64. The zero-order valence-electron chi connectivity index (χ0n) is 15.6. The Hall–Kier alpha value is -2.23. The van der Waals surface area contributed by atoms with E-state index in [-0.39, 0.29) is 17.3 Å². The van der Waals surface area contributed by atoms with Crippen LogP contribution in [-0.4, -0.2) is 34.9 Å². The fourth-order valence-electron chi connectivity index (χ4n) is 2.42. The van der Waals surface area contributed by atoms with Crippen LogP contribution < -0.4 is 14.4 Å². The molecule has 5 nitrogen and oxygen atoms in total. The van der Waals surface area contributed by atoms with Gasteiger partial charge in [0.15, 0.2) is 0 Å². The molecule has 1 N–H and O–H groups in total. The summed E-state index contributed by atoms with van der Waals surface area (Å²) in [4.78, 5) is -0.137. The van der Waals surface area contributed by atoms with E-state index >= 15 is 0 Å². The molecule has 0 bridgehead atoms. The summed E-state index contributed by atoms with van der Waals surface area (Å²) in [5.41, 5.74) is 1.48. The Morgan fingerprint density at radius 2 is 1.69 bits per heavy atom. The van der Waals surface area contributed by atoms with Crippen molar-refractivity contribution in [2.75, 3.05) is 24.4 Å². The van der Waals surface area contributed by atoms with E-state index in [0.717, 1.165) is 47.1 Å². The van der Waals surface area contributed by atoms with E-state index in [0.29, 0.717) is 12.2 Å². The largest absolute Gasteiger partial charge is 0.573 e. The Bertz CT molecular complexity index is 886. The Kier molecular flexibility index (Phi) is 9.00. The number of halogens is 4. The number of hydrogen-bond donors (Lipinski definition) is 1. The molecule has 0 spiro atoms. The van der Waals surface area contributed by atoms with Gasteiger partial charge in [-0.3, -0.25) is 4.31 Å². The van der Waals surface area contributed by atoms with Crippen LogP contribution in [0.5, 0.6) is 5.75 Å². The molecular weight excluding hydrogens is 429 g/mol. The fraction of sp³-hybridized carbons (Fsp3) is 0.263. The number of nitrogens with zero attached hydrogens (tertiary/aromatic N) is 1. The number of hydrogen-bond acceptors (Lipinski definition) is 4. The third-order valence-electron chi connectivity index (χ3n) is 3.89. The summed E-state index contributed by atoms with van der Waals surface area (Å²) in [5.74, 6) is -0.483. The van der Waals surface area contributed by atoms with Crippen molar-refractivity contribution in [2.24, 2.45) is 0 Å². The normalized spacial score (nSPS) is 11.4. The molecule has 10 heteroatoms. The van der Waals surface area contributed by atoms with E-state index in [1.807, 2.05) is 12.1 Å². The number of ether oxygens (including phenoxy) is 1. The lowest BCUT2D eigenvalue weighted by Gasteiger charge is -2.20. The fourth-order valence-corrected chi connectivity index (χ4v) is 3.62. The molecule has 29 heavy (non-hydrogen) atoms. The topological polar surface area (TPSA) is 58.6 Å². The van der Waals surface area contributed by atoms with Crippen molar-refractivity contribution < 1.29 is 26.3 Å². The number of anilines is 1. The van der Waals surface area contributed by atoms with Crippen LogP contribution in [0.4, 0.5) is 18.9 Å². The summed E-state index contributed by atoms with van der Waals surface area (Å²) < 4.78 is 66.9. The lowest BCUT2D eigenvalue weighted by molar-refractivity contribution is -0.274. The van der Waals surface area contributed by atoms with Crippen molar-refractivity contribution in [3.63, 3.8) is 0 Å². The van der Waals surface area contributed by atoms with E-state index in [1.165, 1.54) is 7.05 Å². The highest BCUT2D eigenvalue weighted by Gasteiger charge is 2.31. The van der Waals surface area contributed by atoms with E-state index < -0.39 is 22.1 Å². The Morgan fingerprint density at radius 3 is 2.21 bits per heavy atom. The van der Waals surface area contributed by atoms with Crippen LogP contribution in [0.3, 0.4) is 0 Å². The predicted molar refractivity (Wildman–Crippen MR) is 109 cm³/mol. The monoisotopic (exact) mass is 450 g/mol. The molecule has 160 valence electrons. The minimum Gasteiger partial charge on any atom is -0.406 e. The molecule has 0 aliphatic heterocycles. The number of nitrogens with one attached hydrogen (secondary N) is 1. The first-order valence-corrected chi connectivity index (χ1v) is 9.83. The third kappa shape index (κ3) is 7.26. The molecule has 2 aromatic carbocycles. The van der Waals surface area contributed by atoms with Crippen molar-refractivity contribution in [2.45, 2.75) is 17.7 Å². The van der Waals surface area contributed by atoms with Gasteiger partial charge < -0.3 is 10.1 Å². The molecule has 0 amide bonds. The summed E-state index contributed by atoms with van der Waals surface area (Å²) in [5, 5.41) is 3.18. The van der Waals surface area contributed by atoms with Gasteiger partial charge in [-0.05, 0) is 54.9 Å². The molecule has 0 unspecified atom stereocenters. The molecule has 0 saturated heterocycles. The first-order valence-electron chi connectivity index (χ1n) is 8.39. The third-order valence-corrected chi connectivity index (χ3v) is 5.69. The van der Waals surface area contributed by atoms with Crippen molar-refractivity contribution in [3.05, 3.63) is 66.7 Å². The second kappa shape index (κ2) is 10.5. The van der Waals surface area contributed by atoms with Gasteiger partial charge in [-0.1, -0.05) is 18.2 Å². The zero-order valence-corrected chi connectivity index (χ0v) is 17.3. The van der Waals surface area contributed by atoms with E-state index in [4.69, 9.17) is 0 Å². The van der Waals surface area contributed by atoms with Crippen LogP contribution >= 0.6 is 12.4 Å². The van der Waals surface area contributed by atoms with Crippen LogP contribution in [0, 0.1) is 0 Å². The smallest absolute Gasteiger partial charge is 0.406 e. The van der Waals surface area contributed by atoms with Gasteiger partial charge in [0.1, 0.15) is 5.75 Å². The van der Waals surface area contributed by atoms with Gasteiger partial charge >= 0.3 is 6.36 Å². The molecule has 0 aliphatic rings. The number of rotatable bonds is 9. The van der Waals surface area contributed by atoms with E-state index in [1.54, 1.807) is 18.2 Å². The second-order valence-corrected chi connectivity index (χ2v) is 7.87. The number of alkyl halides is 3. The summed E-state index contributed by atoms with van der Waals surface area (Å²) in [6.45, 7) is 5.11. The zero-order chi connectivity index (χ0) is 20.8. The van der Waals surface area contributed by atoms with Crippen LogP contribution in [0.1, 0.15) is 5.56 Å². The van der Waals surface area contributed by atoms with Crippen molar-refractivity contribution in [1.29, 1.82) is 0 Å². The summed E-state index contributed by atoms with van der Waals surface area (Å²) in [6.07, 6.45) is -2.28. The minimum absolute atomic E-state index is 0. The maximum Gasteiger partial charge on any atom is 0.573 e. The van der Waals surface area contributed by atoms with E-state index in [9.17, 15) is 21.6 Å². The van der Waals surface area contributed by atoms with Crippen LogP contribution in [0.25, 0.3) is 0 Å². The van der Waals surface area contributed by atoms with Crippen molar-refractivity contribution in [1.82, 2.24) is 5.32 Å². The Labute approximate surface area is 174 Å². The maximum atomic E-state index is 12.7. The standard InChI is InChI=1S/C19H21F3N2O3S.ClH/c1-3-13-23-14-12-15-4-6-16(7-5-15)24(2)28(25,26)18-10-8-17(9-11-18)27-19(20,21)22;/h3-11,23H,1,12-14H2,2H3;1H. The predicted octanol–water partition coefficient (Wildman–Crippen LogP) is 4.15.